The summed E-state index contributed by atoms with van der Waals surface area (Å²) in [7, 11) is 0. The van der Waals surface area contributed by atoms with E-state index in [-0.39, 0.29) is 11.8 Å². The van der Waals surface area contributed by atoms with Crippen LogP contribution < -0.4 is 5.32 Å². The third kappa shape index (κ3) is 3.84. The van der Waals surface area contributed by atoms with Crippen molar-refractivity contribution in [2.45, 2.75) is 32.2 Å². The lowest BCUT2D eigenvalue weighted by Crippen LogP contribution is -2.43. The standard InChI is InChI=1S/C17H22N4O2S/c22-17(18-9-12-5-6-12)13-3-1-7-21(10-13)11-15-19-16(20-23-15)14-4-2-8-24-14/h2,4,8,12-13H,1,3,5-7,9-11H2,(H,18,22)/t13-/m1/s1. The van der Waals surface area contributed by atoms with E-state index in [9.17, 15) is 4.79 Å². The van der Waals surface area contributed by atoms with Crippen LogP contribution in [0.5, 0.6) is 0 Å². The van der Waals surface area contributed by atoms with Crippen LogP contribution in [0.2, 0.25) is 0 Å². The van der Waals surface area contributed by atoms with Gasteiger partial charge >= 0.3 is 0 Å². The summed E-state index contributed by atoms with van der Waals surface area (Å²) in [5.74, 6) is 2.28. The lowest BCUT2D eigenvalue weighted by atomic mass is 9.97. The molecule has 128 valence electrons. The normalized spacial score (nSPS) is 21.8. The van der Waals surface area contributed by atoms with Crippen LogP contribution >= 0.6 is 11.3 Å². The van der Waals surface area contributed by atoms with Gasteiger partial charge in [-0.2, -0.15) is 4.98 Å². The summed E-state index contributed by atoms with van der Waals surface area (Å²) in [6.45, 7) is 3.21. The number of carbonyl (C=O) groups excluding carboxylic acids is 1. The molecule has 0 aromatic carbocycles. The van der Waals surface area contributed by atoms with Crippen molar-refractivity contribution < 1.29 is 9.32 Å². The molecule has 1 aliphatic heterocycles. The zero-order valence-electron chi connectivity index (χ0n) is 13.6. The maximum Gasteiger partial charge on any atom is 0.241 e. The van der Waals surface area contributed by atoms with Crippen LogP contribution in [-0.2, 0) is 11.3 Å². The van der Waals surface area contributed by atoms with Crippen molar-refractivity contribution in [3.63, 3.8) is 0 Å². The van der Waals surface area contributed by atoms with Gasteiger partial charge in [0.15, 0.2) is 0 Å². The number of nitrogens with zero attached hydrogens (tertiary/aromatic N) is 3. The number of rotatable bonds is 6. The van der Waals surface area contributed by atoms with Crippen LogP contribution in [0, 0.1) is 11.8 Å². The first kappa shape index (κ1) is 15.8. The number of nitrogens with one attached hydrogen (secondary N) is 1. The van der Waals surface area contributed by atoms with Gasteiger partial charge in [-0.05, 0) is 49.6 Å². The molecule has 1 amide bonds. The summed E-state index contributed by atoms with van der Waals surface area (Å²) >= 11 is 1.60. The Labute approximate surface area is 145 Å². The molecular weight excluding hydrogens is 324 g/mol. The van der Waals surface area contributed by atoms with E-state index >= 15 is 0 Å². The van der Waals surface area contributed by atoms with Crippen LogP contribution in [-0.4, -0.2) is 40.6 Å². The van der Waals surface area contributed by atoms with Gasteiger partial charge < -0.3 is 9.84 Å². The summed E-state index contributed by atoms with van der Waals surface area (Å²) in [5.41, 5.74) is 0. The van der Waals surface area contributed by atoms with E-state index in [1.165, 1.54) is 12.8 Å². The monoisotopic (exact) mass is 346 g/mol. The Morgan fingerprint density at radius 3 is 3.12 bits per heavy atom. The molecule has 1 atom stereocenters. The van der Waals surface area contributed by atoms with Crippen molar-refractivity contribution in [3.05, 3.63) is 23.4 Å². The van der Waals surface area contributed by atoms with Gasteiger partial charge in [0.25, 0.3) is 0 Å². The molecular formula is C17H22N4O2S. The fourth-order valence-electron chi connectivity index (χ4n) is 3.14. The quantitative estimate of drug-likeness (QED) is 0.870. The van der Waals surface area contributed by atoms with E-state index in [1.54, 1.807) is 11.3 Å². The van der Waals surface area contributed by atoms with Crippen LogP contribution in [0.25, 0.3) is 10.7 Å². The van der Waals surface area contributed by atoms with Gasteiger partial charge in [0.1, 0.15) is 0 Å². The molecule has 6 nitrogen and oxygen atoms in total. The van der Waals surface area contributed by atoms with Gasteiger partial charge in [0.05, 0.1) is 17.3 Å². The van der Waals surface area contributed by atoms with Gasteiger partial charge in [0, 0.05) is 13.1 Å². The van der Waals surface area contributed by atoms with Crippen LogP contribution in [0.1, 0.15) is 31.6 Å². The summed E-state index contributed by atoms with van der Waals surface area (Å²) in [6, 6.07) is 3.96. The smallest absolute Gasteiger partial charge is 0.241 e. The van der Waals surface area contributed by atoms with Crippen molar-refractivity contribution in [1.82, 2.24) is 20.4 Å². The van der Waals surface area contributed by atoms with Crippen molar-refractivity contribution in [1.29, 1.82) is 0 Å². The predicted octanol–water partition coefficient (Wildman–Crippen LogP) is 2.54. The van der Waals surface area contributed by atoms with E-state index in [0.29, 0.717) is 18.3 Å². The molecule has 0 spiro atoms. The van der Waals surface area contributed by atoms with E-state index < -0.39 is 0 Å². The molecule has 2 aliphatic rings. The number of amides is 1. The number of piperidine rings is 1. The second-order valence-electron chi connectivity index (χ2n) is 6.75. The van der Waals surface area contributed by atoms with Gasteiger partial charge in [-0.1, -0.05) is 11.2 Å². The van der Waals surface area contributed by atoms with Crippen molar-refractivity contribution in [3.8, 4) is 10.7 Å². The number of carbonyl (C=O) groups is 1. The first-order valence-corrected chi connectivity index (χ1v) is 9.52. The van der Waals surface area contributed by atoms with Crippen molar-refractivity contribution in [2.24, 2.45) is 11.8 Å². The first-order valence-electron chi connectivity index (χ1n) is 8.64. The number of likely N-dealkylation sites (tertiary alicyclic amines) is 1. The Morgan fingerprint density at radius 1 is 1.42 bits per heavy atom. The Morgan fingerprint density at radius 2 is 2.33 bits per heavy atom. The molecule has 3 heterocycles. The number of aromatic nitrogens is 2. The second-order valence-corrected chi connectivity index (χ2v) is 7.70. The van der Waals surface area contributed by atoms with Gasteiger partial charge in [-0.3, -0.25) is 9.69 Å². The molecule has 0 unspecified atom stereocenters. The summed E-state index contributed by atoms with van der Waals surface area (Å²) < 4.78 is 5.38. The van der Waals surface area contributed by atoms with E-state index in [2.05, 4.69) is 20.4 Å². The molecule has 4 rings (SSSR count). The minimum absolute atomic E-state index is 0.0807. The van der Waals surface area contributed by atoms with Crippen LogP contribution in [0.4, 0.5) is 0 Å². The first-order chi connectivity index (χ1) is 11.8. The van der Waals surface area contributed by atoms with E-state index in [1.807, 2.05) is 17.5 Å². The van der Waals surface area contributed by atoms with E-state index in [0.717, 1.165) is 43.3 Å². The number of thiophene rings is 1. The SMILES string of the molecule is O=C(NCC1CC1)[C@@H]1CCCN(Cc2nc(-c3cccs3)no2)C1. The highest BCUT2D eigenvalue weighted by Crippen LogP contribution is 2.28. The molecule has 24 heavy (non-hydrogen) atoms. The summed E-state index contributed by atoms with van der Waals surface area (Å²) in [5, 5.41) is 9.16. The molecule has 7 heteroatoms. The minimum Gasteiger partial charge on any atom is -0.356 e. The van der Waals surface area contributed by atoms with Gasteiger partial charge in [0.2, 0.25) is 17.6 Å². The van der Waals surface area contributed by atoms with E-state index in [4.69, 9.17) is 4.52 Å². The summed E-state index contributed by atoms with van der Waals surface area (Å²) in [4.78, 5) is 20.0. The Kier molecular flexibility index (Phi) is 4.62. The highest BCUT2D eigenvalue weighted by Gasteiger charge is 2.28. The highest BCUT2D eigenvalue weighted by molar-refractivity contribution is 7.13. The van der Waals surface area contributed by atoms with Crippen molar-refractivity contribution >= 4 is 17.2 Å². The molecule has 1 N–H and O–H groups in total. The van der Waals surface area contributed by atoms with Gasteiger partial charge in [-0.15, -0.1) is 11.3 Å². The third-order valence-electron chi connectivity index (χ3n) is 4.71. The Hall–Kier alpha value is -1.73. The zero-order chi connectivity index (χ0) is 16.4. The molecule has 1 saturated carbocycles. The van der Waals surface area contributed by atoms with Crippen LogP contribution in [0.3, 0.4) is 0 Å². The lowest BCUT2D eigenvalue weighted by molar-refractivity contribution is -0.126. The fraction of sp³-hybridized carbons (Fsp3) is 0.588. The maximum atomic E-state index is 12.3. The highest BCUT2D eigenvalue weighted by atomic mass is 32.1. The average molecular weight is 346 g/mol. The molecule has 1 saturated heterocycles. The number of hydrogen-bond donors (Lipinski definition) is 1. The Balaban J connectivity index is 1.31. The molecule has 0 bridgehead atoms. The topological polar surface area (TPSA) is 71.3 Å². The molecule has 2 fully saturated rings. The molecule has 2 aromatic heterocycles. The lowest BCUT2D eigenvalue weighted by Gasteiger charge is -2.30. The third-order valence-corrected chi connectivity index (χ3v) is 5.57. The molecule has 2 aromatic rings. The fourth-order valence-corrected chi connectivity index (χ4v) is 3.79. The molecule has 1 aliphatic carbocycles. The minimum atomic E-state index is 0.0807. The summed E-state index contributed by atoms with van der Waals surface area (Å²) in [6.07, 6.45) is 4.53. The van der Waals surface area contributed by atoms with Crippen LogP contribution in [0.15, 0.2) is 22.0 Å². The van der Waals surface area contributed by atoms with Crippen molar-refractivity contribution in [2.75, 3.05) is 19.6 Å². The average Bonchev–Trinajstić information content (AvgIpc) is 3.07. The zero-order valence-corrected chi connectivity index (χ0v) is 14.4. The largest absolute Gasteiger partial charge is 0.356 e. The number of hydrogen-bond acceptors (Lipinski definition) is 6. The Bertz CT molecular complexity index is 681. The van der Waals surface area contributed by atoms with Gasteiger partial charge in [-0.25, -0.2) is 0 Å². The maximum absolute atomic E-state index is 12.3. The second kappa shape index (κ2) is 7.03. The molecule has 0 radical (unpaired) electrons. The predicted molar refractivity (Wildman–Crippen MR) is 91.3 cm³/mol.